The van der Waals surface area contributed by atoms with Crippen molar-refractivity contribution in [2.75, 3.05) is 6.61 Å². The number of benzene rings is 2. The number of halogens is 4. The SMILES string of the molecule is CC.Fc1ccc(C2=CCOc3ccc(OC(F)(F)F)cc32)cc1. The molecule has 0 unspecified atom stereocenters. The summed E-state index contributed by atoms with van der Waals surface area (Å²) in [7, 11) is 0. The van der Waals surface area contributed by atoms with E-state index < -0.39 is 6.36 Å². The monoisotopic (exact) mass is 340 g/mol. The topological polar surface area (TPSA) is 18.5 Å². The van der Waals surface area contributed by atoms with Crippen LogP contribution in [0.3, 0.4) is 0 Å². The van der Waals surface area contributed by atoms with Crippen molar-refractivity contribution in [3.63, 3.8) is 0 Å². The van der Waals surface area contributed by atoms with Gasteiger partial charge in [0.2, 0.25) is 0 Å². The van der Waals surface area contributed by atoms with Crippen LogP contribution in [0.15, 0.2) is 48.5 Å². The number of ether oxygens (including phenoxy) is 2. The van der Waals surface area contributed by atoms with Crippen LogP contribution in [0.1, 0.15) is 25.0 Å². The van der Waals surface area contributed by atoms with E-state index >= 15 is 0 Å². The van der Waals surface area contributed by atoms with E-state index in [9.17, 15) is 17.6 Å². The van der Waals surface area contributed by atoms with Gasteiger partial charge in [0, 0.05) is 5.56 Å². The molecular weight excluding hydrogens is 324 g/mol. The zero-order valence-electron chi connectivity index (χ0n) is 13.2. The fraction of sp³-hybridized carbons (Fsp3) is 0.222. The molecule has 0 saturated carbocycles. The van der Waals surface area contributed by atoms with Crippen LogP contribution in [0.25, 0.3) is 5.57 Å². The lowest BCUT2D eigenvalue weighted by Gasteiger charge is -2.20. The third-order valence-corrected chi connectivity index (χ3v) is 3.16. The summed E-state index contributed by atoms with van der Waals surface area (Å²) >= 11 is 0. The zero-order chi connectivity index (χ0) is 17.7. The molecule has 2 aromatic carbocycles. The largest absolute Gasteiger partial charge is 0.573 e. The second-order valence-electron chi connectivity index (χ2n) is 4.64. The Balaban J connectivity index is 0.00000100. The van der Waals surface area contributed by atoms with Crippen LogP contribution in [0, 0.1) is 5.82 Å². The highest BCUT2D eigenvalue weighted by atomic mass is 19.4. The molecule has 0 aromatic heterocycles. The Labute approximate surface area is 137 Å². The summed E-state index contributed by atoms with van der Waals surface area (Å²) in [6.07, 6.45) is -3.03. The van der Waals surface area contributed by atoms with E-state index in [1.165, 1.54) is 30.3 Å². The van der Waals surface area contributed by atoms with E-state index in [-0.39, 0.29) is 11.6 Å². The first kappa shape index (κ1) is 17.8. The molecule has 0 saturated heterocycles. The summed E-state index contributed by atoms with van der Waals surface area (Å²) in [5, 5.41) is 0. The minimum Gasteiger partial charge on any atom is -0.489 e. The molecule has 0 fully saturated rings. The van der Waals surface area contributed by atoms with Crippen molar-refractivity contribution >= 4 is 5.57 Å². The van der Waals surface area contributed by atoms with Crippen LogP contribution in [0.2, 0.25) is 0 Å². The third kappa shape index (κ3) is 4.28. The second-order valence-corrected chi connectivity index (χ2v) is 4.64. The smallest absolute Gasteiger partial charge is 0.489 e. The van der Waals surface area contributed by atoms with Gasteiger partial charge < -0.3 is 9.47 Å². The van der Waals surface area contributed by atoms with Crippen molar-refractivity contribution in [3.05, 3.63) is 65.5 Å². The lowest BCUT2D eigenvalue weighted by molar-refractivity contribution is -0.274. The first-order chi connectivity index (χ1) is 11.4. The second kappa shape index (κ2) is 7.38. The maximum atomic E-state index is 13.0. The van der Waals surface area contributed by atoms with Crippen molar-refractivity contribution in [1.29, 1.82) is 0 Å². The van der Waals surface area contributed by atoms with Gasteiger partial charge in [-0.1, -0.05) is 26.0 Å². The van der Waals surface area contributed by atoms with Gasteiger partial charge in [0.05, 0.1) is 0 Å². The molecule has 128 valence electrons. The minimum absolute atomic E-state index is 0.291. The molecule has 0 amide bonds. The lowest BCUT2D eigenvalue weighted by atomic mass is 9.95. The lowest BCUT2D eigenvalue weighted by Crippen LogP contribution is -2.17. The predicted octanol–water partition coefficient (Wildman–Crippen LogP) is 5.57. The molecule has 0 bridgehead atoms. The van der Waals surface area contributed by atoms with Crippen LogP contribution in [-0.2, 0) is 0 Å². The maximum absolute atomic E-state index is 13.0. The minimum atomic E-state index is -4.76. The highest BCUT2D eigenvalue weighted by molar-refractivity contribution is 5.84. The normalized spacial score (nSPS) is 13.0. The molecule has 6 heteroatoms. The Kier molecular flexibility index (Phi) is 5.49. The van der Waals surface area contributed by atoms with Gasteiger partial charge in [0.25, 0.3) is 0 Å². The highest BCUT2D eigenvalue weighted by Crippen LogP contribution is 2.37. The number of alkyl halides is 3. The van der Waals surface area contributed by atoms with Crippen molar-refractivity contribution in [2.24, 2.45) is 0 Å². The first-order valence-corrected chi connectivity index (χ1v) is 7.41. The molecule has 0 N–H and O–H groups in total. The molecule has 1 aliphatic heterocycles. The van der Waals surface area contributed by atoms with Crippen molar-refractivity contribution in [3.8, 4) is 11.5 Å². The first-order valence-electron chi connectivity index (χ1n) is 7.41. The number of hydrogen-bond donors (Lipinski definition) is 0. The molecular formula is C18H16F4O2. The Morgan fingerprint density at radius 2 is 1.67 bits per heavy atom. The van der Waals surface area contributed by atoms with E-state index in [4.69, 9.17) is 4.74 Å². The maximum Gasteiger partial charge on any atom is 0.573 e. The summed E-state index contributed by atoms with van der Waals surface area (Å²) in [5.74, 6) is -0.258. The molecule has 2 aromatic rings. The highest BCUT2D eigenvalue weighted by Gasteiger charge is 2.31. The van der Waals surface area contributed by atoms with Gasteiger partial charge in [-0.15, -0.1) is 13.2 Å². The predicted molar refractivity (Wildman–Crippen MR) is 83.4 cm³/mol. The Bertz CT molecular complexity index is 719. The van der Waals surface area contributed by atoms with Crippen LogP contribution in [0.4, 0.5) is 17.6 Å². The molecule has 1 heterocycles. The number of hydrogen-bond acceptors (Lipinski definition) is 2. The molecule has 1 aliphatic rings. The molecule has 0 aliphatic carbocycles. The van der Waals surface area contributed by atoms with E-state index in [2.05, 4.69) is 4.74 Å². The summed E-state index contributed by atoms with van der Waals surface area (Å²) in [4.78, 5) is 0. The third-order valence-electron chi connectivity index (χ3n) is 3.16. The van der Waals surface area contributed by atoms with Gasteiger partial charge in [-0.05, 0) is 47.5 Å². The average Bonchev–Trinajstić information content (AvgIpc) is 2.55. The van der Waals surface area contributed by atoms with Crippen LogP contribution in [0.5, 0.6) is 11.5 Å². The van der Waals surface area contributed by atoms with E-state index in [1.54, 1.807) is 18.2 Å². The van der Waals surface area contributed by atoms with Gasteiger partial charge in [0.1, 0.15) is 23.9 Å². The molecule has 24 heavy (non-hydrogen) atoms. The van der Waals surface area contributed by atoms with E-state index in [0.29, 0.717) is 29.1 Å². The molecule has 3 rings (SSSR count). The molecule has 0 atom stereocenters. The molecule has 0 spiro atoms. The van der Waals surface area contributed by atoms with Crippen LogP contribution >= 0.6 is 0 Å². The van der Waals surface area contributed by atoms with E-state index in [1.807, 2.05) is 13.8 Å². The van der Waals surface area contributed by atoms with Crippen LogP contribution < -0.4 is 9.47 Å². The standard InChI is InChI=1S/C16H10F4O2.C2H6/c17-11-3-1-10(2-4-11)13-7-8-21-15-6-5-12(9-14(13)15)22-16(18,19)20;1-2/h1-7,9H,8H2;1-2H3. The Hall–Kier alpha value is -2.50. The fourth-order valence-electron chi connectivity index (χ4n) is 2.27. The van der Waals surface area contributed by atoms with E-state index in [0.717, 1.165) is 0 Å². The van der Waals surface area contributed by atoms with Crippen molar-refractivity contribution < 1.29 is 27.0 Å². The summed E-state index contributed by atoms with van der Waals surface area (Å²) in [6.45, 7) is 4.29. The summed E-state index contributed by atoms with van der Waals surface area (Å²) in [6, 6.07) is 9.59. The van der Waals surface area contributed by atoms with Gasteiger partial charge in [0.15, 0.2) is 0 Å². The molecule has 2 nitrogen and oxygen atoms in total. The Morgan fingerprint density at radius 1 is 1.00 bits per heavy atom. The number of rotatable bonds is 2. The van der Waals surface area contributed by atoms with Gasteiger partial charge in [-0.3, -0.25) is 0 Å². The Morgan fingerprint density at radius 3 is 2.29 bits per heavy atom. The molecule has 0 radical (unpaired) electrons. The zero-order valence-corrected chi connectivity index (χ0v) is 13.2. The van der Waals surface area contributed by atoms with Gasteiger partial charge >= 0.3 is 6.36 Å². The van der Waals surface area contributed by atoms with Gasteiger partial charge in [-0.25, -0.2) is 4.39 Å². The summed E-state index contributed by atoms with van der Waals surface area (Å²) in [5.41, 5.74) is 1.84. The van der Waals surface area contributed by atoms with Crippen LogP contribution in [-0.4, -0.2) is 13.0 Å². The summed E-state index contributed by atoms with van der Waals surface area (Å²) < 4.78 is 59.3. The number of fused-ring (bicyclic) bond motifs is 1. The fourth-order valence-corrected chi connectivity index (χ4v) is 2.27. The quantitative estimate of drug-likeness (QED) is 0.665. The average molecular weight is 340 g/mol. The van der Waals surface area contributed by atoms with Gasteiger partial charge in [-0.2, -0.15) is 0 Å². The van der Waals surface area contributed by atoms with Crippen molar-refractivity contribution in [1.82, 2.24) is 0 Å². The van der Waals surface area contributed by atoms with Crippen molar-refractivity contribution in [2.45, 2.75) is 20.2 Å².